The minimum atomic E-state index is -0.205. The predicted molar refractivity (Wildman–Crippen MR) is 77.7 cm³/mol. The van der Waals surface area contributed by atoms with E-state index < -0.39 is 0 Å². The third-order valence-electron chi connectivity index (χ3n) is 2.80. The molecule has 1 heterocycles. The number of amides is 1. The molecule has 1 unspecified atom stereocenters. The van der Waals surface area contributed by atoms with E-state index in [0.717, 1.165) is 16.9 Å². The Kier molecular flexibility index (Phi) is 4.32. The molecule has 102 valence electrons. The zero-order chi connectivity index (χ0) is 14.0. The third kappa shape index (κ3) is 3.19. The van der Waals surface area contributed by atoms with Crippen LogP contribution in [-0.4, -0.2) is 22.0 Å². The van der Waals surface area contributed by atoms with Gasteiger partial charge in [-0.15, -0.1) is 11.6 Å². The zero-order valence-corrected chi connectivity index (χ0v) is 12.3. The summed E-state index contributed by atoms with van der Waals surface area (Å²) in [5.74, 6) is 0.729. The monoisotopic (exact) mass is 299 g/mol. The van der Waals surface area contributed by atoms with E-state index in [1.807, 2.05) is 23.6 Å². The molecule has 2 rings (SSSR count). The minimum Gasteiger partial charge on any atom is -0.355 e. The molecule has 0 saturated heterocycles. The molecule has 0 aliphatic carbocycles. The van der Waals surface area contributed by atoms with Gasteiger partial charge in [0.1, 0.15) is 5.82 Å². The highest BCUT2D eigenvalue weighted by atomic mass is 35.5. The third-order valence-corrected chi connectivity index (χ3v) is 3.24. The normalized spacial score (nSPS) is 12.6. The largest absolute Gasteiger partial charge is 0.355 e. The number of hydrogen-bond acceptors (Lipinski definition) is 2. The van der Waals surface area contributed by atoms with Crippen LogP contribution in [0.2, 0.25) is 5.02 Å². The summed E-state index contributed by atoms with van der Waals surface area (Å²) >= 11 is 12.2. The molecule has 0 radical (unpaired) electrons. The van der Waals surface area contributed by atoms with Crippen molar-refractivity contribution in [3.8, 4) is 0 Å². The van der Waals surface area contributed by atoms with Crippen LogP contribution in [0.1, 0.15) is 25.0 Å². The number of hydrogen-bond donors (Lipinski definition) is 1. The second kappa shape index (κ2) is 5.80. The molecule has 6 heteroatoms. The molecule has 0 aliphatic rings. The van der Waals surface area contributed by atoms with E-state index in [1.54, 1.807) is 6.07 Å². The Morgan fingerprint density at radius 3 is 2.89 bits per heavy atom. The second-order valence-electron chi connectivity index (χ2n) is 4.35. The van der Waals surface area contributed by atoms with Crippen LogP contribution in [0.3, 0.4) is 0 Å². The molecule has 1 atom stereocenters. The molecule has 1 amide bonds. The number of nitrogens with one attached hydrogen (secondary N) is 1. The van der Waals surface area contributed by atoms with Crippen LogP contribution in [0, 0.1) is 0 Å². The van der Waals surface area contributed by atoms with E-state index in [-0.39, 0.29) is 11.3 Å². The summed E-state index contributed by atoms with van der Waals surface area (Å²) in [5.41, 5.74) is 1.79. The van der Waals surface area contributed by atoms with Crippen molar-refractivity contribution >= 4 is 40.1 Å². The Labute approximate surface area is 121 Å². The maximum absolute atomic E-state index is 10.9. The van der Waals surface area contributed by atoms with Crippen LogP contribution in [0.25, 0.3) is 11.0 Å². The second-order valence-corrected chi connectivity index (χ2v) is 5.44. The Balaban J connectivity index is 2.39. The summed E-state index contributed by atoms with van der Waals surface area (Å²) in [7, 11) is 0. The molecule has 0 aliphatic heterocycles. The Morgan fingerprint density at radius 1 is 1.53 bits per heavy atom. The highest BCUT2D eigenvalue weighted by Crippen LogP contribution is 2.26. The van der Waals surface area contributed by atoms with Crippen molar-refractivity contribution < 1.29 is 4.79 Å². The fraction of sp³-hybridized carbons (Fsp3) is 0.385. The van der Waals surface area contributed by atoms with E-state index in [4.69, 9.17) is 23.2 Å². The molecule has 4 nitrogen and oxygen atoms in total. The van der Waals surface area contributed by atoms with Crippen molar-refractivity contribution in [2.75, 3.05) is 6.54 Å². The van der Waals surface area contributed by atoms with Gasteiger partial charge >= 0.3 is 0 Å². The minimum absolute atomic E-state index is 0.0528. The van der Waals surface area contributed by atoms with Crippen LogP contribution in [0.15, 0.2) is 18.2 Å². The maximum atomic E-state index is 10.9. The predicted octanol–water partition coefficient (Wildman–Crippen LogP) is 3.13. The molecule has 1 aromatic carbocycles. The fourth-order valence-corrected chi connectivity index (χ4v) is 2.33. The average Bonchev–Trinajstić information content (AvgIpc) is 2.67. The number of halogens is 2. The van der Waals surface area contributed by atoms with E-state index >= 15 is 0 Å². The Morgan fingerprint density at radius 2 is 2.26 bits per heavy atom. The standard InChI is InChI=1S/C13H15Cl2N3O/c1-8(14)13-17-11-4-3-10(15)7-12(11)18(13)6-5-16-9(2)19/h3-4,7-8H,5-6H2,1-2H3,(H,16,19). The van der Waals surface area contributed by atoms with Crippen molar-refractivity contribution in [2.45, 2.75) is 25.8 Å². The summed E-state index contributed by atoms with van der Waals surface area (Å²) < 4.78 is 1.99. The quantitative estimate of drug-likeness (QED) is 0.882. The van der Waals surface area contributed by atoms with Gasteiger partial charge in [0.25, 0.3) is 0 Å². The molecule has 0 fully saturated rings. The van der Waals surface area contributed by atoms with E-state index in [9.17, 15) is 4.79 Å². The summed E-state index contributed by atoms with van der Waals surface area (Å²) in [6.45, 7) is 4.51. The lowest BCUT2D eigenvalue weighted by atomic mass is 10.3. The lowest BCUT2D eigenvalue weighted by Gasteiger charge is -2.10. The molecule has 1 N–H and O–H groups in total. The van der Waals surface area contributed by atoms with Gasteiger partial charge in [0.05, 0.1) is 16.4 Å². The summed E-state index contributed by atoms with van der Waals surface area (Å²) in [6.07, 6.45) is 0. The average molecular weight is 300 g/mol. The molecular weight excluding hydrogens is 285 g/mol. The Bertz CT molecular complexity index is 607. The first-order valence-corrected chi connectivity index (χ1v) is 6.84. The van der Waals surface area contributed by atoms with Crippen molar-refractivity contribution in [1.82, 2.24) is 14.9 Å². The van der Waals surface area contributed by atoms with Crippen LogP contribution >= 0.6 is 23.2 Å². The van der Waals surface area contributed by atoms with Crippen LogP contribution < -0.4 is 5.32 Å². The van der Waals surface area contributed by atoms with Gasteiger partial charge in [-0.1, -0.05) is 11.6 Å². The molecule has 0 spiro atoms. The first-order valence-electron chi connectivity index (χ1n) is 6.03. The van der Waals surface area contributed by atoms with E-state index in [0.29, 0.717) is 18.1 Å². The molecular formula is C13H15Cl2N3O. The van der Waals surface area contributed by atoms with Gasteiger partial charge in [-0.05, 0) is 25.1 Å². The number of aromatic nitrogens is 2. The lowest BCUT2D eigenvalue weighted by molar-refractivity contribution is -0.118. The number of fused-ring (bicyclic) bond motifs is 1. The van der Waals surface area contributed by atoms with Gasteiger partial charge in [0.15, 0.2) is 0 Å². The summed E-state index contributed by atoms with van der Waals surface area (Å²) in [5, 5.41) is 3.22. The topological polar surface area (TPSA) is 46.9 Å². The van der Waals surface area contributed by atoms with Gasteiger partial charge in [0.2, 0.25) is 5.91 Å². The Hall–Kier alpha value is -1.26. The van der Waals surface area contributed by atoms with E-state index in [1.165, 1.54) is 6.92 Å². The molecule has 1 aromatic heterocycles. The highest BCUT2D eigenvalue weighted by molar-refractivity contribution is 6.31. The number of alkyl halides is 1. The van der Waals surface area contributed by atoms with Crippen molar-refractivity contribution in [2.24, 2.45) is 0 Å². The van der Waals surface area contributed by atoms with Crippen LogP contribution in [-0.2, 0) is 11.3 Å². The molecule has 19 heavy (non-hydrogen) atoms. The summed E-state index contributed by atoms with van der Waals surface area (Å²) in [6, 6.07) is 5.54. The van der Waals surface area contributed by atoms with Crippen LogP contribution in [0.4, 0.5) is 0 Å². The van der Waals surface area contributed by atoms with Gasteiger partial charge in [-0.25, -0.2) is 4.98 Å². The maximum Gasteiger partial charge on any atom is 0.216 e. The van der Waals surface area contributed by atoms with Crippen molar-refractivity contribution in [3.63, 3.8) is 0 Å². The molecule has 0 bridgehead atoms. The number of carbonyl (C=O) groups excluding carboxylic acids is 1. The SMILES string of the molecule is CC(=O)NCCn1c(C(C)Cl)nc2ccc(Cl)cc21. The zero-order valence-electron chi connectivity index (χ0n) is 10.8. The van der Waals surface area contributed by atoms with Gasteiger partial charge in [-0.2, -0.15) is 0 Å². The number of carbonyl (C=O) groups is 1. The van der Waals surface area contributed by atoms with E-state index in [2.05, 4.69) is 10.3 Å². The van der Waals surface area contributed by atoms with Crippen molar-refractivity contribution in [3.05, 3.63) is 29.0 Å². The number of rotatable bonds is 4. The van der Waals surface area contributed by atoms with Gasteiger partial charge in [0, 0.05) is 25.0 Å². The molecule has 2 aromatic rings. The number of benzene rings is 1. The van der Waals surface area contributed by atoms with Gasteiger partial charge < -0.3 is 9.88 Å². The first kappa shape index (κ1) is 14.2. The molecule has 0 saturated carbocycles. The lowest BCUT2D eigenvalue weighted by Crippen LogP contribution is -2.25. The highest BCUT2D eigenvalue weighted by Gasteiger charge is 2.14. The summed E-state index contributed by atoms with van der Waals surface area (Å²) in [4.78, 5) is 15.4. The van der Waals surface area contributed by atoms with Crippen molar-refractivity contribution in [1.29, 1.82) is 0 Å². The first-order chi connectivity index (χ1) is 8.99. The van der Waals surface area contributed by atoms with Crippen LogP contribution in [0.5, 0.6) is 0 Å². The smallest absolute Gasteiger partial charge is 0.216 e. The number of imidazole rings is 1. The number of nitrogens with zero attached hydrogens (tertiary/aromatic N) is 2. The van der Waals surface area contributed by atoms with Gasteiger partial charge in [-0.3, -0.25) is 4.79 Å². The fourth-order valence-electron chi connectivity index (χ4n) is 2.00.